The minimum absolute atomic E-state index is 0.0138. The molecule has 1 aromatic rings. The number of hydrogen-bond donors (Lipinski definition) is 0. The normalized spacial score (nSPS) is 10.6. The molecule has 1 heterocycles. The second-order valence-corrected chi connectivity index (χ2v) is 4.16. The number of rotatable bonds is 3. The van der Waals surface area contributed by atoms with Crippen LogP contribution in [0.15, 0.2) is 0 Å². The molecule has 0 aliphatic carbocycles. The van der Waals surface area contributed by atoms with Crippen LogP contribution in [-0.2, 0) is 4.74 Å². The van der Waals surface area contributed by atoms with Crippen molar-refractivity contribution in [2.75, 3.05) is 6.61 Å². The Balaban J connectivity index is 3.34. The highest BCUT2D eigenvalue weighted by Crippen LogP contribution is 2.29. The van der Waals surface area contributed by atoms with E-state index in [0.29, 0.717) is 5.56 Å². The largest absolute Gasteiger partial charge is 0.462 e. The van der Waals surface area contributed by atoms with Gasteiger partial charge in [0.2, 0.25) is 0 Å². The zero-order chi connectivity index (χ0) is 12.3. The molecular weight excluding hydrogens is 251 g/mol. The van der Waals surface area contributed by atoms with Gasteiger partial charge >= 0.3 is 5.97 Å². The average Bonchev–Trinajstić information content (AvgIpc) is 2.20. The lowest BCUT2D eigenvalue weighted by atomic mass is 10.0. The van der Waals surface area contributed by atoms with Gasteiger partial charge in [0.25, 0.3) is 0 Å². The molecule has 1 rings (SSSR count). The maximum absolute atomic E-state index is 11.7. The minimum atomic E-state index is -0.520. The number of ether oxygens (including phenoxy) is 1. The highest BCUT2D eigenvalue weighted by Gasteiger charge is 2.23. The highest BCUT2D eigenvalue weighted by molar-refractivity contribution is 6.34. The predicted octanol–water partition coefficient (Wildman–Crippen LogP) is 3.08. The first-order valence-electron chi connectivity index (χ1n) is 4.87. The van der Waals surface area contributed by atoms with Gasteiger partial charge in [-0.2, -0.15) is 0 Å². The molecule has 1 aromatic heterocycles. The summed E-state index contributed by atoms with van der Waals surface area (Å²) in [5, 5.41) is 7.49. The van der Waals surface area contributed by atoms with Crippen LogP contribution in [0.5, 0.6) is 0 Å². The van der Waals surface area contributed by atoms with Crippen molar-refractivity contribution >= 4 is 29.2 Å². The Hall–Kier alpha value is -0.870. The SMILES string of the molecule is CCOC(=O)c1c(Cl)nnc(Cl)c1C(C)C. The topological polar surface area (TPSA) is 52.1 Å². The summed E-state index contributed by atoms with van der Waals surface area (Å²) < 4.78 is 4.90. The van der Waals surface area contributed by atoms with Crippen LogP contribution in [0.25, 0.3) is 0 Å². The molecule has 0 N–H and O–H groups in total. The van der Waals surface area contributed by atoms with Crippen LogP contribution < -0.4 is 0 Å². The quantitative estimate of drug-likeness (QED) is 0.786. The molecule has 0 atom stereocenters. The summed E-state index contributed by atoms with van der Waals surface area (Å²) in [6.45, 7) is 5.77. The van der Waals surface area contributed by atoms with Crippen molar-refractivity contribution < 1.29 is 9.53 Å². The molecule has 0 aromatic carbocycles. The second kappa shape index (κ2) is 5.46. The number of aromatic nitrogens is 2. The Morgan fingerprint density at radius 2 is 1.88 bits per heavy atom. The molecule has 0 radical (unpaired) electrons. The fraction of sp³-hybridized carbons (Fsp3) is 0.500. The fourth-order valence-corrected chi connectivity index (χ4v) is 1.90. The summed E-state index contributed by atoms with van der Waals surface area (Å²) in [4.78, 5) is 11.7. The predicted molar refractivity (Wildman–Crippen MR) is 62.1 cm³/mol. The number of carbonyl (C=O) groups excluding carboxylic acids is 1. The van der Waals surface area contributed by atoms with Crippen LogP contribution >= 0.6 is 23.2 Å². The van der Waals surface area contributed by atoms with Gasteiger partial charge in [0.1, 0.15) is 5.56 Å². The van der Waals surface area contributed by atoms with E-state index in [1.807, 2.05) is 13.8 Å². The first kappa shape index (κ1) is 13.2. The van der Waals surface area contributed by atoms with E-state index in [1.165, 1.54) is 0 Å². The molecule has 0 amide bonds. The molecule has 0 aliphatic heterocycles. The first-order valence-corrected chi connectivity index (χ1v) is 5.63. The molecule has 16 heavy (non-hydrogen) atoms. The molecule has 0 aliphatic rings. The molecule has 0 saturated carbocycles. The van der Waals surface area contributed by atoms with Crippen molar-refractivity contribution in [2.45, 2.75) is 26.7 Å². The maximum Gasteiger partial charge on any atom is 0.341 e. The molecule has 88 valence electrons. The van der Waals surface area contributed by atoms with Crippen molar-refractivity contribution in [3.05, 3.63) is 21.4 Å². The minimum Gasteiger partial charge on any atom is -0.462 e. The Morgan fingerprint density at radius 1 is 1.31 bits per heavy atom. The third kappa shape index (κ3) is 2.62. The molecule has 0 bridgehead atoms. The summed E-state index contributed by atoms with van der Waals surface area (Å²) >= 11 is 11.7. The van der Waals surface area contributed by atoms with Crippen LogP contribution in [0.1, 0.15) is 42.6 Å². The first-order chi connectivity index (χ1) is 7.49. The Labute approximate surface area is 104 Å². The van der Waals surface area contributed by atoms with Gasteiger partial charge in [0.05, 0.1) is 6.61 Å². The summed E-state index contributed by atoms with van der Waals surface area (Å²) in [6, 6.07) is 0. The zero-order valence-electron chi connectivity index (χ0n) is 9.25. The van der Waals surface area contributed by atoms with Crippen LogP contribution in [0, 0.1) is 0 Å². The van der Waals surface area contributed by atoms with Crippen molar-refractivity contribution in [3.8, 4) is 0 Å². The number of hydrogen-bond acceptors (Lipinski definition) is 4. The van der Waals surface area contributed by atoms with Gasteiger partial charge in [-0.3, -0.25) is 0 Å². The van der Waals surface area contributed by atoms with Crippen LogP contribution in [0.4, 0.5) is 0 Å². The molecule has 0 spiro atoms. The average molecular weight is 263 g/mol. The van der Waals surface area contributed by atoms with Crippen molar-refractivity contribution in [3.63, 3.8) is 0 Å². The van der Waals surface area contributed by atoms with Crippen LogP contribution in [0.3, 0.4) is 0 Å². The molecule has 0 unspecified atom stereocenters. The van der Waals surface area contributed by atoms with Crippen LogP contribution in [-0.4, -0.2) is 22.8 Å². The number of halogens is 2. The van der Waals surface area contributed by atoms with Gasteiger partial charge in [-0.15, -0.1) is 10.2 Å². The maximum atomic E-state index is 11.7. The lowest BCUT2D eigenvalue weighted by Gasteiger charge is -2.13. The second-order valence-electron chi connectivity index (χ2n) is 3.45. The third-order valence-electron chi connectivity index (χ3n) is 1.98. The van der Waals surface area contributed by atoms with Crippen LogP contribution in [0.2, 0.25) is 10.3 Å². The smallest absolute Gasteiger partial charge is 0.341 e. The summed E-state index contributed by atoms with van der Waals surface area (Å²) in [5.41, 5.74) is 0.777. The van der Waals surface area contributed by atoms with Gasteiger partial charge in [0, 0.05) is 5.56 Å². The van der Waals surface area contributed by atoms with Crippen molar-refractivity contribution in [1.82, 2.24) is 10.2 Å². The fourth-order valence-electron chi connectivity index (χ4n) is 1.33. The van der Waals surface area contributed by atoms with E-state index in [2.05, 4.69) is 10.2 Å². The summed E-state index contributed by atoms with van der Waals surface area (Å²) in [7, 11) is 0. The number of esters is 1. The Morgan fingerprint density at radius 3 is 2.38 bits per heavy atom. The number of carbonyl (C=O) groups is 1. The lowest BCUT2D eigenvalue weighted by molar-refractivity contribution is 0.0524. The molecule has 4 nitrogen and oxygen atoms in total. The Bertz CT molecular complexity index is 408. The molecule has 0 saturated heterocycles. The van der Waals surface area contributed by atoms with E-state index in [4.69, 9.17) is 27.9 Å². The summed E-state index contributed by atoms with van der Waals surface area (Å²) in [5.74, 6) is -0.507. The van der Waals surface area contributed by atoms with Gasteiger partial charge in [-0.1, -0.05) is 37.0 Å². The standard InChI is InChI=1S/C10H12Cl2N2O2/c1-4-16-10(15)7-6(5(2)3)8(11)13-14-9(7)12/h5H,4H2,1-3H3. The van der Waals surface area contributed by atoms with E-state index in [9.17, 15) is 4.79 Å². The third-order valence-corrected chi connectivity index (χ3v) is 2.52. The van der Waals surface area contributed by atoms with E-state index in [0.717, 1.165) is 0 Å². The van der Waals surface area contributed by atoms with Gasteiger partial charge in [0.15, 0.2) is 10.3 Å². The van der Waals surface area contributed by atoms with Gasteiger partial charge < -0.3 is 4.74 Å². The highest BCUT2D eigenvalue weighted by atomic mass is 35.5. The molecule has 0 fully saturated rings. The van der Waals surface area contributed by atoms with Gasteiger partial charge in [-0.05, 0) is 12.8 Å². The van der Waals surface area contributed by atoms with E-state index < -0.39 is 5.97 Å². The monoisotopic (exact) mass is 262 g/mol. The lowest BCUT2D eigenvalue weighted by Crippen LogP contribution is -2.12. The zero-order valence-corrected chi connectivity index (χ0v) is 10.8. The van der Waals surface area contributed by atoms with E-state index in [-0.39, 0.29) is 28.4 Å². The Kier molecular flexibility index (Phi) is 4.50. The van der Waals surface area contributed by atoms with E-state index >= 15 is 0 Å². The number of nitrogens with zero attached hydrogens (tertiary/aromatic N) is 2. The van der Waals surface area contributed by atoms with Crippen molar-refractivity contribution in [2.24, 2.45) is 0 Å². The molecule has 6 heteroatoms. The van der Waals surface area contributed by atoms with Gasteiger partial charge in [-0.25, -0.2) is 4.79 Å². The van der Waals surface area contributed by atoms with E-state index in [1.54, 1.807) is 6.92 Å². The van der Waals surface area contributed by atoms with Crippen molar-refractivity contribution in [1.29, 1.82) is 0 Å². The summed E-state index contributed by atoms with van der Waals surface area (Å²) in [6.07, 6.45) is 0. The molecular formula is C10H12Cl2N2O2.